The lowest BCUT2D eigenvalue weighted by molar-refractivity contribution is -0.142. The van der Waals surface area contributed by atoms with Gasteiger partial charge in [-0.15, -0.1) is 4.28 Å². The van der Waals surface area contributed by atoms with Crippen LogP contribution in [0.1, 0.15) is 40.5 Å². The first kappa shape index (κ1) is 18.9. The van der Waals surface area contributed by atoms with Gasteiger partial charge in [-0.3, -0.25) is 14.4 Å². The first-order valence-electron chi connectivity index (χ1n) is 7.87. The number of hydrogen-bond acceptors (Lipinski definition) is 6. The van der Waals surface area contributed by atoms with Crippen molar-refractivity contribution in [1.82, 2.24) is 20.4 Å². The van der Waals surface area contributed by atoms with Gasteiger partial charge in [0, 0.05) is 18.6 Å². The van der Waals surface area contributed by atoms with Gasteiger partial charge in [-0.1, -0.05) is 0 Å². The number of hydrazine groups is 1. The largest absolute Gasteiger partial charge is 0.418 e. The van der Waals surface area contributed by atoms with Crippen molar-refractivity contribution >= 4 is 22.3 Å². The fourth-order valence-corrected chi connectivity index (χ4v) is 3.38. The van der Waals surface area contributed by atoms with E-state index in [0.717, 1.165) is 0 Å². The van der Waals surface area contributed by atoms with E-state index >= 15 is 0 Å². The van der Waals surface area contributed by atoms with Gasteiger partial charge in [0.05, 0.1) is 6.04 Å². The molecule has 0 aromatic heterocycles. The molecule has 0 aromatic rings. The number of fused-ring (bicyclic) bond motifs is 2. The van der Waals surface area contributed by atoms with Crippen molar-refractivity contribution in [2.45, 2.75) is 64.7 Å². The molecule has 2 bridgehead atoms. The quantitative estimate of drug-likeness (QED) is 0.508. The Kier molecular flexibility index (Phi) is 5.37. The molecule has 11 heteroatoms. The predicted octanol–water partition coefficient (Wildman–Crippen LogP) is 0.139. The van der Waals surface area contributed by atoms with E-state index in [1.165, 1.54) is 9.91 Å². The average molecular weight is 364 g/mol. The first-order chi connectivity index (χ1) is 11.0. The van der Waals surface area contributed by atoms with Crippen LogP contribution in [0, 0.1) is 0 Å². The molecule has 2 N–H and O–H groups in total. The third-order valence-electron chi connectivity index (χ3n) is 3.93. The van der Waals surface area contributed by atoms with Crippen molar-refractivity contribution in [3.63, 3.8) is 0 Å². The van der Waals surface area contributed by atoms with E-state index in [1.807, 2.05) is 27.7 Å². The van der Waals surface area contributed by atoms with Crippen LogP contribution in [-0.2, 0) is 19.5 Å². The summed E-state index contributed by atoms with van der Waals surface area (Å²) in [5.41, 5.74) is 3.06. The minimum absolute atomic E-state index is 0.0429. The van der Waals surface area contributed by atoms with Gasteiger partial charge in [0.25, 0.3) is 5.91 Å². The number of rotatable bonds is 6. The molecule has 138 valence electrons. The number of carbonyl (C=O) groups is 2. The molecule has 0 aromatic carbocycles. The number of amides is 3. The Morgan fingerprint density at radius 2 is 1.96 bits per heavy atom. The maximum Gasteiger partial charge on any atom is 0.418 e. The summed E-state index contributed by atoms with van der Waals surface area (Å²) >= 11 is 0. The van der Waals surface area contributed by atoms with Crippen LogP contribution in [0.4, 0.5) is 4.79 Å². The van der Waals surface area contributed by atoms with Gasteiger partial charge in [0.2, 0.25) is 0 Å². The van der Waals surface area contributed by atoms with Gasteiger partial charge in [-0.2, -0.15) is 13.5 Å². The number of carbonyl (C=O) groups excluding carboxylic acids is 2. The van der Waals surface area contributed by atoms with Crippen molar-refractivity contribution in [2.75, 3.05) is 6.54 Å². The molecule has 0 spiro atoms. The third kappa shape index (κ3) is 3.97. The lowest BCUT2D eigenvalue weighted by Crippen LogP contribution is -2.58. The number of nitrogens with one attached hydrogen (secondary N) is 1. The zero-order valence-electron chi connectivity index (χ0n) is 14.2. The van der Waals surface area contributed by atoms with Crippen LogP contribution in [0.15, 0.2) is 0 Å². The lowest BCUT2D eigenvalue weighted by Gasteiger charge is -2.36. The monoisotopic (exact) mass is 364 g/mol. The number of piperidine rings is 1. The number of urea groups is 1. The van der Waals surface area contributed by atoms with Gasteiger partial charge in [0.15, 0.2) is 0 Å². The van der Waals surface area contributed by atoms with E-state index in [4.69, 9.17) is 4.55 Å². The van der Waals surface area contributed by atoms with Crippen molar-refractivity contribution in [3.05, 3.63) is 0 Å². The zero-order valence-corrected chi connectivity index (χ0v) is 15.0. The molecular weight excluding hydrogens is 340 g/mol. The van der Waals surface area contributed by atoms with E-state index in [2.05, 4.69) is 9.71 Å². The Morgan fingerprint density at radius 1 is 1.33 bits per heavy atom. The Balaban J connectivity index is 2.17. The minimum Gasteiger partial charge on any atom is -0.309 e. The fourth-order valence-electron chi connectivity index (χ4n) is 2.99. The topological polar surface area (TPSA) is 119 Å². The van der Waals surface area contributed by atoms with E-state index in [1.54, 1.807) is 0 Å². The summed E-state index contributed by atoms with van der Waals surface area (Å²) in [6, 6.07) is -2.00. The van der Waals surface area contributed by atoms with Gasteiger partial charge in [0.1, 0.15) is 6.04 Å². The van der Waals surface area contributed by atoms with Crippen molar-refractivity contribution in [2.24, 2.45) is 0 Å². The standard InChI is InChI=1S/C13H24N4O6S/c1-8(2)14-16(9(3)4)12(18)11-6-5-10-7-15(11)13(19)17(10)23-24(20,21)22/h8-11,14H,5-7H2,1-4H3,(H,20,21,22)/t10-,11+/m1/s1. The van der Waals surface area contributed by atoms with E-state index < -0.39 is 28.5 Å². The summed E-state index contributed by atoms with van der Waals surface area (Å²) < 4.78 is 34.9. The second-order valence-electron chi connectivity index (χ2n) is 6.60. The molecule has 2 rings (SSSR count). The highest BCUT2D eigenvalue weighted by Crippen LogP contribution is 2.31. The average Bonchev–Trinajstić information content (AvgIpc) is 2.67. The van der Waals surface area contributed by atoms with Crippen LogP contribution in [-0.4, -0.2) is 70.6 Å². The molecule has 24 heavy (non-hydrogen) atoms. The molecule has 2 atom stereocenters. The molecular formula is C13H24N4O6S. The van der Waals surface area contributed by atoms with Crippen LogP contribution < -0.4 is 5.43 Å². The Labute approximate surface area is 141 Å². The van der Waals surface area contributed by atoms with Crippen molar-refractivity contribution in [1.29, 1.82) is 0 Å². The van der Waals surface area contributed by atoms with Gasteiger partial charge < -0.3 is 4.90 Å². The highest BCUT2D eigenvalue weighted by atomic mass is 32.3. The summed E-state index contributed by atoms with van der Waals surface area (Å²) in [5.74, 6) is -0.251. The number of hydroxylamine groups is 2. The summed E-state index contributed by atoms with van der Waals surface area (Å²) in [4.78, 5) is 26.5. The maximum atomic E-state index is 12.8. The second-order valence-corrected chi connectivity index (χ2v) is 7.60. The van der Waals surface area contributed by atoms with Crippen LogP contribution >= 0.6 is 0 Å². The van der Waals surface area contributed by atoms with E-state index in [9.17, 15) is 18.0 Å². The Bertz CT molecular complexity index is 608. The lowest BCUT2D eigenvalue weighted by atomic mass is 10.00. The zero-order chi connectivity index (χ0) is 18.2. The molecule has 0 saturated carbocycles. The summed E-state index contributed by atoms with van der Waals surface area (Å²) in [6.45, 7) is 7.71. The maximum absolute atomic E-state index is 12.8. The van der Waals surface area contributed by atoms with Gasteiger partial charge >= 0.3 is 16.4 Å². The highest BCUT2D eigenvalue weighted by molar-refractivity contribution is 7.80. The summed E-state index contributed by atoms with van der Waals surface area (Å²) in [6.07, 6.45) is 0.797. The SMILES string of the molecule is CC(C)NN(C(=O)[C@@H]1CC[C@@H]2CN1C(=O)N2OS(=O)(=O)O)C(C)C. The molecule has 3 amide bonds. The molecule has 2 aliphatic heterocycles. The number of hydrogen-bond donors (Lipinski definition) is 2. The van der Waals surface area contributed by atoms with Crippen LogP contribution in [0.5, 0.6) is 0 Å². The van der Waals surface area contributed by atoms with Gasteiger partial charge in [-0.05, 0) is 40.5 Å². The predicted molar refractivity (Wildman–Crippen MR) is 83.6 cm³/mol. The van der Waals surface area contributed by atoms with Crippen LogP contribution in [0.3, 0.4) is 0 Å². The first-order valence-corrected chi connectivity index (χ1v) is 9.24. The molecule has 0 unspecified atom stereocenters. The van der Waals surface area contributed by atoms with Crippen molar-refractivity contribution in [3.8, 4) is 0 Å². The van der Waals surface area contributed by atoms with Gasteiger partial charge in [-0.25, -0.2) is 10.2 Å². The molecule has 2 saturated heterocycles. The minimum atomic E-state index is -4.79. The number of nitrogens with zero attached hydrogens (tertiary/aromatic N) is 3. The smallest absolute Gasteiger partial charge is 0.309 e. The Hall–Kier alpha value is -1.43. The summed E-state index contributed by atoms with van der Waals surface area (Å²) in [5, 5.41) is 2.13. The molecule has 2 heterocycles. The molecule has 2 fully saturated rings. The van der Waals surface area contributed by atoms with Crippen LogP contribution in [0.2, 0.25) is 0 Å². The molecule has 10 nitrogen and oxygen atoms in total. The molecule has 2 aliphatic rings. The Morgan fingerprint density at radius 3 is 2.46 bits per heavy atom. The highest BCUT2D eigenvalue weighted by Gasteiger charge is 2.50. The van der Waals surface area contributed by atoms with E-state index in [-0.39, 0.29) is 24.5 Å². The summed E-state index contributed by atoms with van der Waals surface area (Å²) in [7, 11) is -4.79. The van der Waals surface area contributed by atoms with Crippen LogP contribution in [0.25, 0.3) is 0 Å². The second kappa shape index (κ2) is 6.82. The third-order valence-corrected chi connectivity index (χ3v) is 4.28. The molecule has 0 radical (unpaired) electrons. The fraction of sp³-hybridized carbons (Fsp3) is 0.846. The normalized spacial score (nSPS) is 24.2. The van der Waals surface area contributed by atoms with Crippen molar-refractivity contribution < 1.29 is 26.8 Å². The van der Waals surface area contributed by atoms with E-state index in [0.29, 0.717) is 17.9 Å². The molecule has 0 aliphatic carbocycles.